The minimum absolute atomic E-state index is 0.164. The van der Waals surface area contributed by atoms with Crippen molar-refractivity contribution in [3.8, 4) is 0 Å². The molecule has 1 aliphatic carbocycles. The summed E-state index contributed by atoms with van der Waals surface area (Å²) in [6.07, 6.45) is 10.9. The first-order valence-corrected chi connectivity index (χ1v) is 13.5. The normalized spacial score (nSPS) is 25.4. The van der Waals surface area contributed by atoms with E-state index in [1.54, 1.807) is 11.3 Å². The number of aliphatic hydroxyl groups excluding tert-OH is 2. The molecule has 1 saturated carbocycles. The molecular formula is C25H38BBrO4S. The van der Waals surface area contributed by atoms with Crippen LogP contribution in [0.2, 0.25) is 6.32 Å². The summed E-state index contributed by atoms with van der Waals surface area (Å²) in [6.45, 7) is 4.31. The Morgan fingerprint density at radius 3 is 2.72 bits per heavy atom. The van der Waals surface area contributed by atoms with E-state index in [4.69, 9.17) is 13.0 Å². The summed E-state index contributed by atoms with van der Waals surface area (Å²) in [6, 6.07) is 2.13. The largest absolute Gasteiger partial charge is 0.481 e. The van der Waals surface area contributed by atoms with E-state index in [1.807, 2.05) is 6.08 Å². The molecule has 2 unspecified atom stereocenters. The van der Waals surface area contributed by atoms with Crippen molar-refractivity contribution in [2.45, 2.75) is 90.2 Å². The lowest BCUT2D eigenvalue weighted by Gasteiger charge is -2.26. The molecule has 0 spiro atoms. The highest BCUT2D eigenvalue weighted by Crippen LogP contribution is 2.43. The molecule has 1 aromatic heterocycles. The Bertz CT molecular complexity index is 718. The van der Waals surface area contributed by atoms with E-state index in [-0.39, 0.29) is 30.3 Å². The number of allylic oxidation sites excluding steroid dienone is 1. The van der Waals surface area contributed by atoms with Crippen LogP contribution in [0.3, 0.4) is 0 Å². The Labute approximate surface area is 207 Å². The van der Waals surface area contributed by atoms with Crippen LogP contribution < -0.4 is 0 Å². The molecule has 2 rings (SSSR count). The van der Waals surface area contributed by atoms with Gasteiger partial charge in [-0.25, -0.2) is 0 Å². The Kier molecular flexibility index (Phi) is 12.0. The maximum Gasteiger partial charge on any atom is 0.303 e. The van der Waals surface area contributed by atoms with Gasteiger partial charge >= 0.3 is 5.97 Å². The van der Waals surface area contributed by atoms with Crippen LogP contribution >= 0.6 is 27.3 Å². The van der Waals surface area contributed by atoms with Crippen LogP contribution in [-0.4, -0.2) is 41.3 Å². The number of aliphatic carboxylic acids is 1. The van der Waals surface area contributed by atoms with Gasteiger partial charge in [0.1, 0.15) is 0 Å². The number of thiophene rings is 1. The summed E-state index contributed by atoms with van der Waals surface area (Å²) in [5, 5.41) is 30.0. The van der Waals surface area contributed by atoms with Gasteiger partial charge in [-0.15, -0.1) is 11.3 Å². The van der Waals surface area contributed by atoms with E-state index in [0.29, 0.717) is 18.7 Å². The average Bonchev–Trinajstić information content (AvgIpc) is 3.22. The zero-order valence-corrected chi connectivity index (χ0v) is 21.8. The molecule has 32 heavy (non-hydrogen) atoms. The number of hydrogen-bond donors (Lipinski definition) is 3. The van der Waals surface area contributed by atoms with Crippen molar-refractivity contribution in [1.29, 1.82) is 0 Å². The number of carbonyl (C=O) groups is 1. The van der Waals surface area contributed by atoms with Gasteiger partial charge in [-0.05, 0) is 84.7 Å². The van der Waals surface area contributed by atoms with Crippen molar-refractivity contribution in [2.24, 2.45) is 23.7 Å². The van der Waals surface area contributed by atoms with Crippen LogP contribution in [0.4, 0.5) is 0 Å². The average molecular weight is 525 g/mol. The second kappa shape index (κ2) is 13.9. The van der Waals surface area contributed by atoms with Gasteiger partial charge in [0.15, 0.2) is 0 Å². The van der Waals surface area contributed by atoms with Crippen molar-refractivity contribution < 1.29 is 20.1 Å². The monoisotopic (exact) mass is 524 g/mol. The molecule has 0 amide bonds. The summed E-state index contributed by atoms with van der Waals surface area (Å²) < 4.78 is 1.13. The number of aliphatic hydroxyl groups is 2. The fourth-order valence-corrected chi connectivity index (χ4v) is 6.54. The van der Waals surface area contributed by atoms with Crippen molar-refractivity contribution in [2.75, 3.05) is 0 Å². The van der Waals surface area contributed by atoms with Gasteiger partial charge in [0.25, 0.3) is 0 Å². The van der Waals surface area contributed by atoms with Gasteiger partial charge in [-0.3, -0.25) is 4.79 Å². The third-order valence-electron chi connectivity index (χ3n) is 6.79. The van der Waals surface area contributed by atoms with Crippen LogP contribution in [0.25, 0.3) is 0 Å². The number of carboxylic acid groups (broad SMARTS) is 1. The number of hydrogen-bond acceptors (Lipinski definition) is 4. The summed E-state index contributed by atoms with van der Waals surface area (Å²) in [5.41, 5.74) is 0. The van der Waals surface area contributed by atoms with Gasteiger partial charge in [0.05, 0.1) is 20.1 Å². The molecule has 178 valence electrons. The predicted molar refractivity (Wildman–Crippen MR) is 136 cm³/mol. The highest BCUT2D eigenvalue weighted by molar-refractivity contribution is 9.10. The third kappa shape index (κ3) is 8.96. The summed E-state index contributed by atoms with van der Waals surface area (Å²) >= 11 is 5.31. The van der Waals surface area contributed by atoms with E-state index >= 15 is 0 Å². The second-order valence-corrected chi connectivity index (χ2v) is 11.7. The maximum atomic E-state index is 10.7. The quantitative estimate of drug-likeness (QED) is 0.160. The number of halogens is 1. The summed E-state index contributed by atoms with van der Waals surface area (Å²) in [4.78, 5) is 13.2. The molecule has 0 saturated heterocycles. The lowest BCUT2D eigenvalue weighted by atomic mass is 9.78. The minimum atomic E-state index is -0.727. The first kappa shape index (κ1) is 27.6. The number of aryl methyl sites for hydroxylation is 2. The Morgan fingerprint density at radius 1 is 1.34 bits per heavy atom. The Hall–Kier alpha value is -0.625. The molecule has 7 heteroatoms. The van der Waals surface area contributed by atoms with Crippen molar-refractivity contribution >= 4 is 41.1 Å². The van der Waals surface area contributed by atoms with E-state index in [9.17, 15) is 15.0 Å². The lowest BCUT2D eigenvalue weighted by molar-refractivity contribution is -0.137. The highest BCUT2D eigenvalue weighted by atomic mass is 79.9. The van der Waals surface area contributed by atoms with Gasteiger partial charge in [-0.2, -0.15) is 0 Å². The Balaban J connectivity index is 1.86. The lowest BCUT2D eigenvalue weighted by Crippen LogP contribution is -2.22. The Morgan fingerprint density at radius 2 is 2.09 bits per heavy atom. The van der Waals surface area contributed by atoms with Crippen LogP contribution in [0.15, 0.2) is 22.7 Å². The molecule has 0 aliphatic heterocycles. The minimum Gasteiger partial charge on any atom is -0.481 e. The molecular weight excluding hydrogens is 487 g/mol. The fraction of sp³-hybridized carbons (Fsp3) is 0.720. The van der Waals surface area contributed by atoms with Gasteiger partial charge in [0, 0.05) is 20.6 Å². The molecule has 3 N–H and O–H groups in total. The molecule has 1 heterocycles. The first-order valence-electron chi connectivity index (χ1n) is 11.9. The molecule has 6 atom stereocenters. The van der Waals surface area contributed by atoms with Crippen LogP contribution in [0.1, 0.15) is 68.0 Å². The van der Waals surface area contributed by atoms with Crippen LogP contribution in [-0.2, 0) is 11.2 Å². The number of unbranched alkanes of at least 4 members (excludes halogenated alkanes) is 2. The molecule has 1 aliphatic rings. The SMILES string of the molecule is [B]CC1CC(O)[C@H](C[C@H](C)CCCCCC(=O)O)[C@H]1/C=C/[C@@H](O)CCc1cc(Br)c(C)s1. The van der Waals surface area contributed by atoms with Crippen molar-refractivity contribution in [1.82, 2.24) is 0 Å². The van der Waals surface area contributed by atoms with E-state index in [1.165, 1.54) is 9.75 Å². The van der Waals surface area contributed by atoms with Crippen LogP contribution in [0.5, 0.6) is 0 Å². The molecule has 1 aromatic rings. The van der Waals surface area contributed by atoms with E-state index in [0.717, 1.165) is 49.4 Å². The third-order valence-corrected chi connectivity index (χ3v) is 8.99. The molecule has 0 bridgehead atoms. The maximum absolute atomic E-state index is 10.7. The standard InChI is InChI=1S/C25H38BBrO4S/c1-16(6-4-3-5-7-25(30)31)12-22-21(18(15-26)13-24(22)29)11-9-19(28)8-10-20-14-23(27)17(2)32-20/h9,11,14,16,18-19,21-22,24,28-29H,3-8,10,12-13,15H2,1-2H3,(H,30,31)/b11-9+/t16-,18?,19+,21+,22-,24?/m1/s1. The first-order chi connectivity index (χ1) is 15.2. The molecule has 1 fully saturated rings. The van der Waals surface area contributed by atoms with Crippen molar-refractivity contribution in [3.63, 3.8) is 0 Å². The summed E-state index contributed by atoms with van der Waals surface area (Å²) in [7, 11) is 6.02. The second-order valence-electron chi connectivity index (χ2n) is 9.48. The van der Waals surface area contributed by atoms with E-state index < -0.39 is 12.1 Å². The fourth-order valence-electron chi connectivity index (χ4n) is 4.93. The van der Waals surface area contributed by atoms with Gasteiger partial charge in [-0.1, -0.05) is 44.7 Å². The molecule has 0 aromatic carbocycles. The predicted octanol–water partition coefficient (Wildman–Crippen LogP) is 5.93. The zero-order chi connectivity index (χ0) is 23.7. The zero-order valence-electron chi connectivity index (χ0n) is 19.4. The highest BCUT2D eigenvalue weighted by Gasteiger charge is 2.40. The number of rotatable bonds is 14. The summed E-state index contributed by atoms with van der Waals surface area (Å²) in [5.74, 6) is 0.346. The van der Waals surface area contributed by atoms with Crippen molar-refractivity contribution in [3.05, 3.63) is 32.4 Å². The molecule has 2 radical (unpaired) electrons. The van der Waals surface area contributed by atoms with Crippen LogP contribution in [0, 0.1) is 30.6 Å². The van der Waals surface area contributed by atoms with Gasteiger partial charge < -0.3 is 15.3 Å². The number of carboxylic acids is 1. The smallest absolute Gasteiger partial charge is 0.303 e. The topological polar surface area (TPSA) is 77.8 Å². The van der Waals surface area contributed by atoms with Gasteiger partial charge in [0.2, 0.25) is 0 Å². The molecule has 4 nitrogen and oxygen atoms in total. The van der Waals surface area contributed by atoms with E-state index in [2.05, 4.69) is 41.9 Å².